The maximum Gasteiger partial charge on any atom is 0.0246 e. The van der Waals surface area contributed by atoms with Crippen molar-refractivity contribution in [3.05, 3.63) is 35.4 Å². The molecule has 1 aromatic carbocycles. The molecule has 1 aliphatic carbocycles. The SMILES string of the molecule is CC(CCS(C)=O)NCC1CCCc2ccccc21. The summed E-state index contributed by atoms with van der Waals surface area (Å²) in [5.74, 6) is 1.45. The summed E-state index contributed by atoms with van der Waals surface area (Å²) in [4.78, 5) is 0. The molecule has 1 aliphatic rings. The van der Waals surface area contributed by atoms with Crippen molar-refractivity contribution in [3.63, 3.8) is 0 Å². The van der Waals surface area contributed by atoms with Crippen LogP contribution in [0.4, 0.5) is 0 Å². The molecule has 3 unspecified atom stereocenters. The Morgan fingerprint density at radius 1 is 1.42 bits per heavy atom. The second kappa shape index (κ2) is 7.20. The van der Waals surface area contributed by atoms with Crippen LogP contribution in [-0.4, -0.2) is 28.8 Å². The lowest BCUT2D eigenvalue weighted by molar-refractivity contribution is 0.460. The third-order valence-corrected chi connectivity index (χ3v) is 4.86. The van der Waals surface area contributed by atoms with Gasteiger partial charge in [0.15, 0.2) is 0 Å². The molecule has 0 bridgehead atoms. The minimum atomic E-state index is -0.671. The largest absolute Gasteiger partial charge is 0.314 e. The van der Waals surface area contributed by atoms with E-state index in [1.165, 1.54) is 30.4 Å². The molecular formula is C16H25NOS. The molecule has 2 rings (SSSR count). The molecule has 0 saturated carbocycles. The highest BCUT2D eigenvalue weighted by molar-refractivity contribution is 7.84. The Balaban J connectivity index is 1.85. The lowest BCUT2D eigenvalue weighted by Crippen LogP contribution is -2.32. The minimum Gasteiger partial charge on any atom is -0.314 e. The molecule has 0 saturated heterocycles. The molecule has 0 radical (unpaired) electrons. The van der Waals surface area contributed by atoms with Crippen LogP contribution in [0.25, 0.3) is 0 Å². The molecule has 2 nitrogen and oxygen atoms in total. The number of fused-ring (bicyclic) bond motifs is 1. The summed E-state index contributed by atoms with van der Waals surface area (Å²) in [5.41, 5.74) is 3.07. The van der Waals surface area contributed by atoms with Crippen molar-refractivity contribution < 1.29 is 4.21 Å². The van der Waals surface area contributed by atoms with E-state index in [0.717, 1.165) is 18.7 Å². The summed E-state index contributed by atoms with van der Waals surface area (Å²) in [6.07, 6.45) is 6.60. The Hall–Kier alpha value is -0.670. The molecule has 3 atom stereocenters. The summed E-state index contributed by atoms with van der Waals surface area (Å²) in [6.45, 7) is 3.25. The van der Waals surface area contributed by atoms with Crippen LogP contribution in [0.2, 0.25) is 0 Å². The van der Waals surface area contributed by atoms with Gasteiger partial charge in [-0.1, -0.05) is 24.3 Å². The van der Waals surface area contributed by atoms with Crippen LogP contribution in [0.3, 0.4) is 0 Å². The van der Waals surface area contributed by atoms with Gasteiger partial charge in [-0.05, 0) is 49.7 Å². The van der Waals surface area contributed by atoms with Crippen LogP contribution in [0.5, 0.6) is 0 Å². The summed E-state index contributed by atoms with van der Waals surface area (Å²) in [5, 5.41) is 3.61. The zero-order chi connectivity index (χ0) is 13.7. The Morgan fingerprint density at radius 3 is 3.00 bits per heavy atom. The first-order valence-electron chi connectivity index (χ1n) is 7.28. The normalized spacial score (nSPS) is 21.7. The van der Waals surface area contributed by atoms with Gasteiger partial charge in [0.05, 0.1) is 0 Å². The van der Waals surface area contributed by atoms with Crippen molar-refractivity contribution in [2.45, 2.75) is 44.6 Å². The molecule has 0 fully saturated rings. The molecule has 3 heteroatoms. The second-order valence-electron chi connectivity index (χ2n) is 5.66. The van der Waals surface area contributed by atoms with E-state index < -0.39 is 10.8 Å². The zero-order valence-corrected chi connectivity index (χ0v) is 12.8. The van der Waals surface area contributed by atoms with E-state index in [-0.39, 0.29) is 0 Å². The van der Waals surface area contributed by atoms with Crippen molar-refractivity contribution in [1.29, 1.82) is 0 Å². The summed E-state index contributed by atoms with van der Waals surface area (Å²) in [6, 6.07) is 9.31. The molecule has 0 spiro atoms. The third kappa shape index (κ3) is 4.43. The van der Waals surface area contributed by atoms with E-state index in [4.69, 9.17) is 0 Å². The molecule has 19 heavy (non-hydrogen) atoms. The van der Waals surface area contributed by atoms with Crippen LogP contribution in [0.15, 0.2) is 24.3 Å². The smallest absolute Gasteiger partial charge is 0.0246 e. The van der Waals surface area contributed by atoms with E-state index >= 15 is 0 Å². The fourth-order valence-corrected chi connectivity index (χ4v) is 3.54. The standard InChI is InChI=1S/C16H25NOS/c1-13(10-11-19(2)18)17-12-15-8-5-7-14-6-3-4-9-16(14)15/h3-4,6,9,13,15,17H,5,7-8,10-12H2,1-2H3. The Bertz CT molecular complexity index is 433. The fourth-order valence-electron chi connectivity index (χ4n) is 2.85. The fraction of sp³-hybridized carbons (Fsp3) is 0.625. The van der Waals surface area contributed by atoms with Crippen molar-refractivity contribution in [3.8, 4) is 0 Å². The first-order chi connectivity index (χ1) is 9.16. The predicted octanol–water partition coefficient (Wildman–Crippen LogP) is 2.85. The van der Waals surface area contributed by atoms with E-state index in [2.05, 4.69) is 36.5 Å². The van der Waals surface area contributed by atoms with Crippen molar-refractivity contribution in [2.75, 3.05) is 18.6 Å². The van der Waals surface area contributed by atoms with Gasteiger partial charge in [-0.2, -0.15) is 0 Å². The molecule has 106 valence electrons. The molecule has 0 aromatic heterocycles. The van der Waals surface area contributed by atoms with Gasteiger partial charge in [0.1, 0.15) is 0 Å². The van der Waals surface area contributed by atoms with Gasteiger partial charge < -0.3 is 5.32 Å². The summed E-state index contributed by atoms with van der Waals surface area (Å²) >= 11 is 0. The Morgan fingerprint density at radius 2 is 2.21 bits per heavy atom. The molecule has 0 amide bonds. The van der Waals surface area contributed by atoms with Crippen molar-refractivity contribution >= 4 is 10.8 Å². The second-order valence-corrected chi connectivity index (χ2v) is 7.22. The predicted molar refractivity (Wildman–Crippen MR) is 83.1 cm³/mol. The Labute approximate surface area is 119 Å². The lowest BCUT2D eigenvalue weighted by Gasteiger charge is -2.27. The van der Waals surface area contributed by atoms with Gasteiger partial charge in [0.25, 0.3) is 0 Å². The number of rotatable bonds is 6. The van der Waals surface area contributed by atoms with Crippen LogP contribution >= 0.6 is 0 Å². The van der Waals surface area contributed by atoms with Crippen LogP contribution < -0.4 is 5.32 Å². The average Bonchev–Trinajstić information content (AvgIpc) is 2.42. The van der Waals surface area contributed by atoms with Crippen molar-refractivity contribution in [2.24, 2.45) is 0 Å². The highest BCUT2D eigenvalue weighted by Crippen LogP contribution is 2.30. The van der Waals surface area contributed by atoms with Gasteiger partial charge >= 0.3 is 0 Å². The van der Waals surface area contributed by atoms with E-state index in [1.807, 2.05) is 0 Å². The molecule has 0 aliphatic heterocycles. The third-order valence-electron chi connectivity index (χ3n) is 4.04. The maximum absolute atomic E-state index is 11.1. The van der Waals surface area contributed by atoms with Crippen LogP contribution in [-0.2, 0) is 17.2 Å². The molecule has 1 N–H and O–H groups in total. The van der Waals surface area contributed by atoms with E-state index in [9.17, 15) is 4.21 Å². The zero-order valence-electron chi connectivity index (χ0n) is 12.0. The van der Waals surface area contributed by atoms with Gasteiger partial charge in [-0.15, -0.1) is 0 Å². The molecule has 0 heterocycles. The number of hydrogen-bond donors (Lipinski definition) is 1. The van der Waals surface area contributed by atoms with Gasteiger partial charge in [-0.3, -0.25) is 4.21 Å². The molecular weight excluding hydrogens is 254 g/mol. The number of hydrogen-bond acceptors (Lipinski definition) is 2. The van der Waals surface area contributed by atoms with E-state index in [0.29, 0.717) is 12.0 Å². The number of benzene rings is 1. The first-order valence-corrected chi connectivity index (χ1v) is 9.00. The molecule has 1 aromatic rings. The quantitative estimate of drug-likeness (QED) is 0.867. The highest BCUT2D eigenvalue weighted by atomic mass is 32.2. The topological polar surface area (TPSA) is 29.1 Å². The Kier molecular flexibility index (Phi) is 5.59. The number of nitrogens with one attached hydrogen (secondary N) is 1. The van der Waals surface area contributed by atoms with Gasteiger partial charge in [0.2, 0.25) is 0 Å². The number of aryl methyl sites for hydroxylation is 1. The maximum atomic E-state index is 11.1. The minimum absolute atomic E-state index is 0.456. The summed E-state index contributed by atoms with van der Waals surface area (Å²) in [7, 11) is -0.671. The lowest BCUT2D eigenvalue weighted by atomic mass is 9.83. The van der Waals surface area contributed by atoms with E-state index in [1.54, 1.807) is 6.26 Å². The van der Waals surface area contributed by atoms with Gasteiger partial charge in [0, 0.05) is 35.4 Å². The monoisotopic (exact) mass is 279 g/mol. The average molecular weight is 279 g/mol. The van der Waals surface area contributed by atoms with Crippen LogP contribution in [0, 0.1) is 0 Å². The van der Waals surface area contributed by atoms with Crippen LogP contribution in [0.1, 0.15) is 43.2 Å². The van der Waals surface area contributed by atoms with Crippen molar-refractivity contribution in [1.82, 2.24) is 5.32 Å². The highest BCUT2D eigenvalue weighted by Gasteiger charge is 2.19. The van der Waals surface area contributed by atoms with Gasteiger partial charge in [-0.25, -0.2) is 0 Å². The summed E-state index contributed by atoms with van der Waals surface area (Å²) < 4.78 is 11.1. The first kappa shape index (κ1) is 14.7.